The Morgan fingerprint density at radius 2 is 2.13 bits per heavy atom. The second-order valence-corrected chi connectivity index (χ2v) is 7.05. The van der Waals surface area contributed by atoms with Crippen molar-refractivity contribution in [3.8, 4) is 0 Å². The van der Waals surface area contributed by atoms with Crippen molar-refractivity contribution in [3.05, 3.63) is 71.1 Å². The first-order valence-electron chi connectivity index (χ1n) is 9.23. The van der Waals surface area contributed by atoms with Gasteiger partial charge in [0.2, 0.25) is 0 Å². The van der Waals surface area contributed by atoms with Crippen molar-refractivity contribution in [2.24, 2.45) is 7.05 Å². The standard InChI is InChI=1S/C19H16F3N7O/c1-27-15(8-13(25-27)18(21)22)19(30)28-6-4-11-16(24-9-23-11)17(28)12-7-14-10(20)3-2-5-29(14)26-12/h2-3,5,7-9,17-18H,4,6H2,1H3,(H,23,24)/t17-/m1/s1. The highest BCUT2D eigenvalue weighted by Crippen LogP contribution is 2.34. The molecule has 0 radical (unpaired) electrons. The molecule has 0 aromatic carbocycles. The molecule has 1 atom stereocenters. The summed E-state index contributed by atoms with van der Waals surface area (Å²) in [7, 11) is 1.44. The number of aryl methyl sites for hydroxylation is 1. The van der Waals surface area contributed by atoms with Crippen molar-refractivity contribution in [1.29, 1.82) is 0 Å². The summed E-state index contributed by atoms with van der Waals surface area (Å²) in [5.41, 5.74) is 1.70. The Balaban J connectivity index is 1.62. The summed E-state index contributed by atoms with van der Waals surface area (Å²) in [6.07, 6.45) is 0.868. The molecule has 0 saturated heterocycles. The molecule has 0 spiro atoms. The molecular formula is C19H16F3N7O. The average Bonchev–Trinajstić information content (AvgIpc) is 3.44. The molecule has 4 aromatic heterocycles. The normalized spacial score (nSPS) is 16.4. The lowest BCUT2D eigenvalue weighted by molar-refractivity contribution is 0.0675. The number of aromatic nitrogens is 6. The maximum Gasteiger partial charge on any atom is 0.282 e. The predicted molar refractivity (Wildman–Crippen MR) is 98.5 cm³/mol. The first-order chi connectivity index (χ1) is 14.4. The van der Waals surface area contributed by atoms with Crippen LogP contribution in [0.15, 0.2) is 36.8 Å². The Hall–Kier alpha value is -3.63. The first-order valence-corrected chi connectivity index (χ1v) is 9.23. The minimum absolute atomic E-state index is 0.0317. The number of carbonyl (C=O) groups excluding carboxylic acids is 1. The number of aromatic amines is 1. The van der Waals surface area contributed by atoms with E-state index in [0.717, 1.165) is 16.4 Å². The van der Waals surface area contributed by atoms with Crippen LogP contribution in [0.4, 0.5) is 13.2 Å². The van der Waals surface area contributed by atoms with Gasteiger partial charge in [-0.15, -0.1) is 0 Å². The fraction of sp³-hybridized carbons (Fsp3) is 0.263. The van der Waals surface area contributed by atoms with E-state index in [-0.39, 0.29) is 11.2 Å². The molecule has 0 aliphatic carbocycles. The van der Waals surface area contributed by atoms with Gasteiger partial charge in [-0.3, -0.25) is 9.48 Å². The number of imidazole rings is 1. The van der Waals surface area contributed by atoms with Gasteiger partial charge in [-0.2, -0.15) is 10.2 Å². The van der Waals surface area contributed by atoms with Crippen LogP contribution in [0.3, 0.4) is 0 Å². The van der Waals surface area contributed by atoms with Crippen LogP contribution in [0.2, 0.25) is 0 Å². The lowest BCUT2D eigenvalue weighted by Gasteiger charge is -2.33. The topological polar surface area (TPSA) is 84.1 Å². The van der Waals surface area contributed by atoms with Gasteiger partial charge >= 0.3 is 0 Å². The number of nitrogens with zero attached hydrogens (tertiary/aromatic N) is 6. The molecule has 4 aromatic rings. The molecule has 5 heterocycles. The minimum atomic E-state index is -2.78. The van der Waals surface area contributed by atoms with Crippen molar-refractivity contribution in [1.82, 2.24) is 34.3 Å². The van der Waals surface area contributed by atoms with E-state index in [9.17, 15) is 18.0 Å². The molecule has 154 valence electrons. The molecule has 8 nitrogen and oxygen atoms in total. The van der Waals surface area contributed by atoms with E-state index in [2.05, 4.69) is 20.2 Å². The number of alkyl halides is 2. The Morgan fingerprint density at radius 3 is 2.87 bits per heavy atom. The van der Waals surface area contributed by atoms with Crippen molar-refractivity contribution < 1.29 is 18.0 Å². The number of carbonyl (C=O) groups is 1. The lowest BCUT2D eigenvalue weighted by atomic mass is 9.99. The van der Waals surface area contributed by atoms with Crippen LogP contribution in [0.25, 0.3) is 5.52 Å². The van der Waals surface area contributed by atoms with Gasteiger partial charge in [0.05, 0.1) is 17.7 Å². The lowest BCUT2D eigenvalue weighted by Crippen LogP contribution is -2.41. The number of nitrogens with one attached hydrogen (secondary N) is 1. The summed E-state index contributed by atoms with van der Waals surface area (Å²) in [5.74, 6) is -0.923. The summed E-state index contributed by atoms with van der Waals surface area (Å²) in [6.45, 7) is 0.310. The number of rotatable bonds is 3. The van der Waals surface area contributed by atoms with Crippen LogP contribution < -0.4 is 0 Å². The molecule has 30 heavy (non-hydrogen) atoms. The maximum absolute atomic E-state index is 14.2. The minimum Gasteiger partial charge on any atom is -0.348 e. The molecule has 1 N–H and O–H groups in total. The van der Waals surface area contributed by atoms with E-state index in [1.54, 1.807) is 12.3 Å². The number of pyridine rings is 1. The summed E-state index contributed by atoms with van der Waals surface area (Å²) in [4.78, 5) is 22.2. The molecule has 11 heteroatoms. The third-order valence-corrected chi connectivity index (χ3v) is 5.28. The zero-order valence-corrected chi connectivity index (χ0v) is 15.8. The highest BCUT2D eigenvalue weighted by Gasteiger charge is 2.37. The number of hydrogen-bond acceptors (Lipinski definition) is 4. The zero-order valence-electron chi connectivity index (χ0n) is 15.8. The molecule has 1 aliphatic rings. The quantitative estimate of drug-likeness (QED) is 0.558. The van der Waals surface area contributed by atoms with Gasteiger partial charge in [-0.1, -0.05) is 0 Å². The summed E-state index contributed by atoms with van der Waals surface area (Å²) in [6, 6.07) is 4.82. The fourth-order valence-corrected chi connectivity index (χ4v) is 3.87. The van der Waals surface area contributed by atoms with Gasteiger partial charge < -0.3 is 9.88 Å². The maximum atomic E-state index is 14.2. The van der Waals surface area contributed by atoms with Crippen LogP contribution in [0, 0.1) is 5.82 Å². The molecule has 0 unspecified atom stereocenters. The van der Waals surface area contributed by atoms with E-state index in [0.29, 0.717) is 24.4 Å². The number of hydrogen-bond donors (Lipinski definition) is 1. The van der Waals surface area contributed by atoms with Crippen LogP contribution in [0.5, 0.6) is 0 Å². The highest BCUT2D eigenvalue weighted by molar-refractivity contribution is 5.93. The van der Waals surface area contributed by atoms with Gasteiger partial charge in [0.25, 0.3) is 12.3 Å². The van der Waals surface area contributed by atoms with Crippen molar-refractivity contribution in [2.45, 2.75) is 18.9 Å². The van der Waals surface area contributed by atoms with Crippen LogP contribution in [-0.2, 0) is 13.5 Å². The smallest absolute Gasteiger partial charge is 0.282 e. The van der Waals surface area contributed by atoms with Crippen LogP contribution in [-0.4, -0.2) is 46.7 Å². The number of halogens is 3. The molecule has 0 saturated carbocycles. The van der Waals surface area contributed by atoms with Gasteiger partial charge in [0, 0.05) is 31.9 Å². The van der Waals surface area contributed by atoms with E-state index >= 15 is 0 Å². The third kappa shape index (κ3) is 2.77. The average molecular weight is 415 g/mol. The van der Waals surface area contributed by atoms with E-state index in [1.807, 2.05) is 0 Å². The molecule has 1 aliphatic heterocycles. The Bertz CT molecular complexity index is 1260. The number of amides is 1. The second-order valence-electron chi connectivity index (χ2n) is 7.05. The van der Waals surface area contributed by atoms with Gasteiger partial charge in [-0.25, -0.2) is 22.7 Å². The Morgan fingerprint density at radius 1 is 1.30 bits per heavy atom. The van der Waals surface area contributed by atoms with Gasteiger partial charge in [-0.05, 0) is 24.3 Å². The third-order valence-electron chi connectivity index (χ3n) is 5.28. The summed E-state index contributed by atoms with van der Waals surface area (Å²) >= 11 is 0. The molecular weight excluding hydrogens is 399 g/mol. The first kappa shape index (κ1) is 18.4. The number of H-pyrrole nitrogens is 1. The Kier molecular flexibility index (Phi) is 4.12. The van der Waals surface area contributed by atoms with Crippen molar-refractivity contribution in [3.63, 3.8) is 0 Å². The molecule has 0 bridgehead atoms. The van der Waals surface area contributed by atoms with Crippen molar-refractivity contribution in [2.75, 3.05) is 6.54 Å². The summed E-state index contributed by atoms with van der Waals surface area (Å²) in [5, 5.41) is 8.18. The highest BCUT2D eigenvalue weighted by atomic mass is 19.3. The SMILES string of the molecule is Cn1nc(C(F)F)cc1C(=O)N1CCc2[nH]cnc2[C@H]1c1cc2c(F)cccn2n1. The fourth-order valence-electron chi connectivity index (χ4n) is 3.87. The van der Waals surface area contributed by atoms with Gasteiger partial charge in [0.1, 0.15) is 28.8 Å². The Labute approximate surface area is 167 Å². The number of fused-ring (bicyclic) bond motifs is 2. The van der Waals surface area contributed by atoms with Crippen LogP contribution in [0.1, 0.15) is 45.7 Å². The van der Waals surface area contributed by atoms with E-state index < -0.39 is 29.9 Å². The van der Waals surface area contributed by atoms with Crippen molar-refractivity contribution >= 4 is 11.4 Å². The molecule has 1 amide bonds. The predicted octanol–water partition coefficient (Wildman–Crippen LogP) is 2.66. The van der Waals surface area contributed by atoms with Gasteiger partial charge in [0.15, 0.2) is 0 Å². The van der Waals surface area contributed by atoms with Crippen LogP contribution >= 0.6 is 0 Å². The molecule has 0 fully saturated rings. The monoisotopic (exact) mass is 415 g/mol. The second kappa shape index (κ2) is 6.71. The summed E-state index contributed by atoms with van der Waals surface area (Å²) < 4.78 is 42.9. The van der Waals surface area contributed by atoms with E-state index in [1.165, 1.54) is 34.9 Å². The van der Waals surface area contributed by atoms with E-state index in [4.69, 9.17) is 0 Å². The molecule has 5 rings (SSSR count). The zero-order chi connectivity index (χ0) is 21.0. The largest absolute Gasteiger partial charge is 0.348 e.